The van der Waals surface area contributed by atoms with Crippen molar-refractivity contribution < 1.29 is 248 Å². The highest BCUT2D eigenvalue weighted by Gasteiger charge is 2.62. The van der Waals surface area contributed by atoms with Gasteiger partial charge < -0.3 is 248 Å². The molecule has 50 heteroatoms. The van der Waals surface area contributed by atoms with Crippen molar-refractivity contribution in [3.8, 4) is 0 Å². The van der Waals surface area contributed by atoms with Crippen LogP contribution in [0, 0.1) is 0 Å². The third kappa shape index (κ3) is 17.6. The number of aliphatic hydroxyl groups is 30. The molecule has 50 atom stereocenters. The van der Waals surface area contributed by atoms with Crippen LogP contribution in [0.5, 0.6) is 0 Å². The normalized spacial score (nSPS) is 55.4. The Balaban J connectivity index is 0.825. The van der Waals surface area contributed by atoms with Crippen LogP contribution in [0.15, 0.2) is 0 Å². The van der Waals surface area contributed by atoms with Crippen molar-refractivity contribution >= 4 is 0 Å². The molecule has 0 saturated carbocycles. The smallest absolute Gasteiger partial charge is 0.187 e. The summed E-state index contributed by atoms with van der Waals surface area (Å²) in [4.78, 5) is 0. The van der Waals surface area contributed by atoms with Gasteiger partial charge in [0, 0.05) is 0 Å². The average Bonchev–Trinajstić information content (AvgIpc) is 0.777. The van der Waals surface area contributed by atoms with Gasteiger partial charge in [0.1, 0.15) is 244 Å². The summed E-state index contributed by atoms with van der Waals surface area (Å²) in [6, 6.07) is 0. The molecule has 0 spiro atoms. The largest absolute Gasteiger partial charge is 0.394 e. The van der Waals surface area contributed by atoms with Gasteiger partial charge >= 0.3 is 0 Å². The summed E-state index contributed by atoms with van der Waals surface area (Å²) in [7, 11) is 0. The molecule has 0 aromatic rings. The first-order valence-electron chi connectivity index (χ1n) is 35.2. The van der Waals surface area contributed by atoms with E-state index in [9.17, 15) is 153 Å². The van der Waals surface area contributed by atoms with Crippen LogP contribution < -0.4 is 0 Å². The molecular weight excluding hydrogens is 1520 g/mol. The quantitative estimate of drug-likeness (QED) is 0.0966. The van der Waals surface area contributed by atoms with E-state index in [1.165, 1.54) is 0 Å². The molecule has 110 heavy (non-hydrogen) atoms. The third-order valence-corrected chi connectivity index (χ3v) is 21.1. The van der Waals surface area contributed by atoms with Crippen LogP contribution >= 0.6 is 0 Å². The van der Waals surface area contributed by atoms with E-state index in [1.807, 2.05) is 0 Å². The van der Waals surface area contributed by atoms with Gasteiger partial charge in [-0.2, -0.15) is 0 Å². The number of hydrogen-bond acceptors (Lipinski definition) is 50. The lowest BCUT2D eigenvalue weighted by Gasteiger charge is -2.50. The van der Waals surface area contributed by atoms with E-state index in [2.05, 4.69) is 0 Å². The summed E-state index contributed by atoms with van der Waals surface area (Å²) in [6.07, 6.45) is -106. The van der Waals surface area contributed by atoms with Gasteiger partial charge in [0.25, 0.3) is 0 Å². The first kappa shape index (κ1) is 88.8. The van der Waals surface area contributed by atoms with E-state index in [0.29, 0.717) is 0 Å². The summed E-state index contributed by atoms with van der Waals surface area (Å²) < 4.78 is 114. The van der Waals surface area contributed by atoms with Crippen LogP contribution in [0.1, 0.15) is 0 Å². The molecule has 20 bridgehead atoms. The molecule has 38 aliphatic rings. The summed E-state index contributed by atoms with van der Waals surface area (Å²) in [5.41, 5.74) is 0. The van der Waals surface area contributed by atoms with E-state index in [-0.39, 0.29) is 0 Å². The van der Waals surface area contributed by atoms with E-state index < -0.39 is 373 Å². The number of aliphatic hydroxyl groups excluding tert-OH is 30. The maximum atomic E-state index is 11.5. The highest BCUT2D eigenvalue weighted by molar-refractivity contribution is 5.04. The van der Waals surface area contributed by atoms with Gasteiger partial charge in [-0.05, 0) is 0 Å². The minimum atomic E-state index is -2.31. The first-order chi connectivity index (χ1) is 52.4. The Morgan fingerprint density at radius 1 is 0.109 bits per heavy atom. The highest BCUT2D eigenvalue weighted by Crippen LogP contribution is 2.41. The van der Waals surface area contributed by atoms with Crippen molar-refractivity contribution in [2.24, 2.45) is 0 Å². The fraction of sp³-hybridized carbons (Fsp3) is 1.00. The van der Waals surface area contributed by atoms with Crippen LogP contribution in [-0.4, -0.2) is 526 Å². The van der Waals surface area contributed by atoms with E-state index >= 15 is 0 Å². The summed E-state index contributed by atoms with van der Waals surface area (Å²) in [5, 5.41) is 334. The van der Waals surface area contributed by atoms with Crippen LogP contribution in [0.2, 0.25) is 0 Å². The lowest BCUT2D eigenvalue weighted by Crippen LogP contribution is -2.69. The Hall–Kier alpha value is -2.00. The fourth-order valence-electron chi connectivity index (χ4n) is 14.9. The minimum absolute atomic E-state index is 1.13. The van der Waals surface area contributed by atoms with Crippen molar-refractivity contribution in [1.82, 2.24) is 0 Å². The van der Waals surface area contributed by atoms with Gasteiger partial charge in [0.05, 0.1) is 66.1 Å². The minimum Gasteiger partial charge on any atom is -0.394 e. The second kappa shape index (κ2) is 37.9. The fourth-order valence-corrected chi connectivity index (χ4v) is 14.9. The molecular formula is C60H100O50. The predicted molar refractivity (Wildman–Crippen MR) is 326 cm³/mol. The topological polar surface area (TPSA) is 792 Å². The van der Waals surface area contributed by atoms with Crippen LogP contribution in [0.4, 0.5) is 0 Å². The number of ether oxygens (including phenoxy) is 20. The van der Waals surface area contributed by atoms with Crippen LogP contribution in [0.3, 0.4) is 0 Å². The van der Waals surface area contributed by atoms with Gasteiger partial charge in [-0.25, -0.2) is 0 Å². The Bertz CT molecular complexity index is 2190. The Morgan fingerprint density at radius 2 is 0.182 bits per heavy atom. The molecule has 640 valence electrons. The molecule has 38 rings (SSSR count). The van der Waals surface area contributed by atoms with Crippen molar-refractivity contribution in [3.05, 3.63) is 0 Å². The molecule has 0 amide bonds. The van der Waals surface area contributed by atoms with Gasteiger partial charge in [-0.1, -0.05) is 0 Å². The molecule has 50 unspecified atom stereocenters. The molecule has 0 radical (unpaired) electrons. The molecule has 0 aromatic heterocycles. The van der Waals surface area contributed by atoms with Crippen molar-refractivity contribution in [3.63, 3.8) is 0 Å². The van der Waals surface area contributed by atoms with Crippen molar-refractivity contribution in [2.75, 3.05) is 66.1 Å². The Labute approximate surface area is 619 Å². The number of hydrogen-bond donors (Lipinski definition) is 30. The predicted octanol–water partition coefficient (Wildman–Crippen LogP) is -21.8. The number of rotatable bonds is 10. The second-order valence-corrected chi connectivity index (χ2v) is 28.1. The van der Waals surface area contributed by atoms with Gasteiger partial charge in [-0.15, -0.1) is 0 Å². The molecule has 38 fully saturated rings. The SMILES string of the molecule is OCC1OC2OC3C(CO)OC(OC4C(CO)OC(OC5C(CO)OC(OC6C(CO)OC(OC7C(CO)OC(OC8C(CO)OC(OC9C(CO)OC(OC%10C(CO)OC(OC%11C(CO)OC(OC1C(O)C2O)C(O)C%11O)C(O)C%10O)C(O)C9O)C(O)C8O)C(O)C7O)C(O)C6O)C(O)C5O)C(O)C4O)C(O)C3O. The standard InChI is InChI=1S/C60H100O50/c61-1-11-41-21(71)31(81)51(91-11)102-42-12(2-62)93-53(33(83)23(42)73)104-44-14(4-64)95-55(35(85)25(44)75)106-46-16(6-66)97-57(37(87)27(46)77)108-48-18(8-68)99-59(39(89)29(48)79)110-50-20(10-70)100-60(40(90)30(50)80)109-49-19(9-69)98-58(38(88)28(49)78)107-47-17(7-67)96-56(36(86)26(47)76)105-45-15(5-65)94-54(34(84)24(45)74)103-43-13(3-63)92-52(101-41)32(82)22(43)72/h11-90H,1-10H2. The lowest BCUT2D eigenvalue weighted by atomic mass is 9.94. The monoisotopic (exact) mass is 1620 g/mol. The third-order valence-electron chi connectivity index (χ3n) is 21.1. The summed E-state index contributed by atoms with van der Waals surface area (Å²) in [6.45, 7) is -11.3. The maximum absolute atomic E-state index is 11.5. The average molecular weight is 1620 g/mol. The van der Waals surface area contributed by atoms with E-state index in [4.69, 9.17) is 94.7 Å². The highest BCUT2D eigenvalue weighted by atomic mass is 16.8. The zero-order chi connectivity index (χ0) is 80.1. The Kier molecular flexibility index (Phi) is 30.6. The first-order valence-corrected chi connectivity index (χ1v) is 35.2. The van der Waals surface area contributed by atoms with Gasteiger partial charge in [0.15, 0.2) is 62.9 Å². The zero-order valence-electron chi connectivity index (χ0n) is 57.5. The molecule has 30 N–H and O–H groups in total. The molecule has 0 aromatic carbocycles. The van der Waals surface area contributed by atoms with E-state index in [1.54, 1.807) is 0 Å². The summed E-state index contributed by atoms with van der Waals surface area (Å²) in [5.74, 6) is 0. The second-order valence-electron chi connectivity index (χ2n) is 28.1. The lowest BCUT2D eigenvalue weighted by molar-refractivity contribution is -0.404. The van der Waals surface area contributed by atoms with Gasteiger partial charge in [-0.3, -0.25) is 0 Å². The Morgan fingerprint density at radius 3 is 0.245 bits per heavy atom. The molecule has 38 aliphatic heterocycles. The summed E-state index contributed by atoms with van der Waals surface area (Å²) >= 11 is 0. The molecule has 0 aliphatic carbocycles. The zero-order valence-corrected chi connectivity index (χ0v) is 57.5. The van der Waals surface area contributed by atoms with Crippen LogP contribution in [-0.2, 0) is 94.7 Å². The molecule has 50 nitrogen and oxygen atoms in total. The van der Waals surface area contributed by atoms with E-state index in [0.717, 1.165) is 0 Å². The van der Waals surface area contributed by atoms with Crippen LogP contribution in [0.25, 0.3) is 0 Å². The molecule has 38 saturated heterocycles. The van der Waals surface area contributed by atoms with Gasteiger partial charge in [0.2, 0.25) is 0 Å². The van der Waals surface area contributed by atoms with Crippen molar-refractivity contribution in [1.29, 1.82) is 0 Å². The maximum Gasteiger partial charge on any atom is 0.187 e. The van der Waals surface area contributed by atoms with Crippen molar-refractivity contribution in [2.45, 2.75) is 307 Å². The molecule has 38 heterocycles.